The number of hydrogen-bond acceptors (Lipinski definition) is 8. The Morgan fingerprint density at radius 2 is 1.89 bits per heavy atom. The molecule has 140 valence electrons. The average Bonchev–Trinajstić information content (AvgIpc) is 3.09. The van der Waals surface area contributed by atoms with Gasteiger partial charge in [0.25, 0.3) is 0 Å². The third kappa shape index (κ3) is 4.35. The first-order valence-corrected chi connectivity index (χ1v) is 9.88. The zero-order chi connectivity index (χ0) is 18.8. The first-order chi connectivity index (χ1) is 13.1. The molecule has 1 fully saturated rings. The third-order valence-electron chi connectivity index (χ3n) is 4.78. The lowest BCUT2D eigenvalue weighted by Gasteiger charge is -2.31. The van der Waals surface area contributed by atoms with Crippen molar-refractivity contribution in [2.75, 3.05) is 39.8 Å². The molecule has 27 heavy (non-hydrogen) atoms. The van der Waals surface area contributed by atoms with Crippen molar-refractivity contribution in [3.63, 3.8) is 0 Å². The van der Waals surface area contributed by atoms with E-state index in [9.17, 15) is 4.79 Å². The second-order valence-electron chi connectivity index (χ2n) is 7.03. The van der Waals surface area contributed by atoms with E-state index >= 15 is 0 Å². The van der Waals surface area contributed by atoms with Gasteiger partial charge in [-0.05, 0) is 38.2 Å². The minimum atomic E-state index is 0.184. The molecule has 0 radical (unpaired) electrons. The van der Waals surface area contributed by atoms with Crippen LogP contribution in [0.2, 0.25) is 0 Å². The molecule has 7 nitrogen and oxygen atoms in total. The average molecular weight is 382 g/mol. The standard InChI is InChI=1S/C19H22N6OS/c1-13-20-23-19(27-13)14-3-4-18-15(9-14)10-16(21-22-18)11-17(26)12-25-7-5-24(2)6-8-25/h3-4,9-10H,5-8,11-12H2,1-2H3. The fourth-order valence-electron chi connectivity index (χ4n) is 3.23. The number of likely N-dealkylation sites (N-methyl/N-ethyl adjacent to an activating group) is 1. The fraction of sp³-hybridized carbons (Fsp3) is 0.421. The topological polar surface area (TPSA) is 75.1 Å². The predicted molar refractivity (Wildman–Crippen MR) is 106 cm³/mol. The van der Waals surface area contributed by atoms with E-state index in [0.29, 0.717) is 18.7 Å². The first-order valence-electron chi connectivity index (χ1n) is 9.06. The molecule has 0 saturated carbocycles. The summed E-state index contributed by atoms with van der Waals surface area (Å²) >= 11 is 1.56. The maximum absolute atomic E-state index is 12.4. The molecule has 3 aromatic rings. The molecular weight excluding hydrogens is 360 g/mol. The number of aromatic nitrogens is 4. The van der Waals surface area contributed by atoms with Gasteiger partial charge < -0.3 is 4.90 Å². The number of hydrogen-bond donors (Lipinski definition) is 0. The molecule has 3 heterocycles. The smallest absolute Gasteiger partial charge is 0.152 e. The molecule has 2 aromatic heterocycles. The van der Waals surface area contributed by atoms with Crippen LogP contribution in [0.4, 0.5) is 0 Å². The summed E-state index contributed by atoms with van der Waals surface area (Å²) in [5.41, 5.74) is 2.54. The molecular formula is C19H22N6OS. The van der Waals surface area contributed by atoms with E-state index in [1.165, 1.54) is 0 Å². The van der Waals surface area contributed by atoms with Crippen molar-refractivity contribution < 1.29 is 4.79 Å². The largest absolute Gasteiger partial charge is 0.304 e. The maximum atomic E-state index is 12.4. The van der Waals surface area contributed by atoms with Crippen molar-refractivity contribution in [2.45, 2.75) is 13.3 Å². The Morgan fingerprint density at radius 1 is 1.07 bits per heavy atom. The van der Waals surface area contributed by atoms with Crippen molar-refractivity contribution in [2.24, 2.45) is 0 Å². The summed E-state index contributed by atoms with van der Waals surface area (Å²) in [6.07, 6.45) is 0.317. The maximum Gasteiger partial charge on any atom is 0.152 e. The van der Waals surface area contributed by atoms with E-state index in [4.69, 9.17) is 0 Å². The number of piperazine rings is 1. The fourth-order valence-corrected chi connectivity index (χ4v) is 3.92. The second-order valence-corrected chi connectivity index (χ2v) is 8.21. The lowest BCUT2D eigenvalue weighted by atomic mass is 10.1. The summed E-state index contributed by atoms with van der Waals surface area (Å²) in [7, 11) is 2.11. The van der Waals surface area contributed by atoms with E-state index in [1.54, 1.807) is 11.3 Å². The lowest BCUT2D eigenvalue weighted by molar-refractivity contribution is -0.120. The number of rotatable bonds is 5. The van der Waals surface area contributed by atoms with Gasteiger partial charge in [0.2, 0.25) is 0 Å². The van der Waals surface area contributed by atoms with Crippen LogP contribution in [0.1, 0.15) is 10.7 Å². The number of carbonyl (C=O) groups excluding carboxylic acids is 1. The van der Waals surface area contributed by atoms with Crippen LogP contribution in [0.15, 0.2) is 24.3 Å². The zero-order valence-electron chi connectivity index (χ0n) is 15.6. The SMILES string of the molecule is Cc1nnc(-c2ccc3nnc(CC(=O)CN4CCN(C)CC4)cc3c2)s1. The molecule has 1 aromatic carbocycles. The normalized spacial score (nSPS) is 16.1. The number of ketones is 1. The number of carbonyl (C=O) groups is 1. The number of aryl methyl sites for hydroxylation is 1. The Labute approximate surface area is 162 Å². The van der Waals surface area contributed by atoms with Crippen LogP contribution in [-0.2, 0) is 11.2 Å². The Morgan fingerprint density at radius 3 is 2.63 bits per heavy atom. The van der Waals surface area contributed by atoms with Gasteiger partial charge in [-0.3, -0.25) is 9.69 Å². The van der Waals surface area contributed by atoms with Crippen molar-refractivity contribution >= 4 is 28.0 Å². The molecule has 1 aliphatic rings. The molecule has 0 amide bonds. The quantitative estimate of drug-likeness (QED) is 0.666. The van der Waals surface area contributed by atoms with Crippen LogP contribution in [0.25, 0.3) is 21.5 Å². The second kappa shape index (κ2) is 7.75. The van der Waals surface area contributed by atoms with Gasteiger partial charge in [-0.2, -0.15) is 10.2 Å². The summed E-state index contributed by atoms with van der Waals surface area (Å²) in [5.74, 6) is 0.184. The Hall–Kier alpha value is -2.29. The van der Waals surface area contributed by atoms with Crippen LogP contribution < -0.4 is 0 Å². The Bertz CT molecular complexity index is 964. The van der Waals surface area contributed by atoms with Crippen molar-refractivity contribution in [3.05, 3.63) is 35.0 Å². The summed E-state index contributed by atoms with van der Waals surface area (Å²) in [5, 5.41) is 19.6. The van der Waals surface area contributed by atoms with Crippen LogP contribution in [-0.4, -0.2) is 75.7 Å². The molecule has 0 bridgehead atoms. The number of benzene rings is 1. The van der Waals surface area contributed by atoms with Gasteiger partial charge in [-0.1, -0.05) is 11.3 Å². The third-order valence-corrected chi connectivity index (χ3v) is 5.67. The van der Waals surface area contributed by atoms with Gasteiger partial charge in [0.15, 0.2) is 5.78 Å². The minimum Gasteiger partial charge on any atom is -0.304 e. The number of Topliss-reactive ketones (excluding diaryl/α,β-unsaturated/α-hetero) is 1. The molecule has 1 aliphatic heterocycles. The van der Waals surface area contributed by atoms with Crippen molar-refractivity contribution in [3.8, 4) is 10.6 Å². The molecule has 0 spiro atoms. The molecule has 8 heteroatoms. The molecule has 4 rings (SSSR count). The zero-order valence-corrected chi connectivity index (χ0v) is 16.4. The highest BCUT2D eigenvalue weighted by Crippen LogP contribution is 2.26. The molecule has 1 saturated heterocycles. The van der Waals surface area contributed by atoms with E-state index < -0.39 is 0 Å². The van der Waals surface area contributed by atoms with Gasteiger partial charge in [-0.25, -0.2) is 0 Å². The van der Waals surface area contributed by atoms with Crippen LogP contribution >= 0.6 is 11.3 Å². The first kappa shape index (κ1) is 18.1. The Kier molecular flexibility index (Phi) is 5.20. The lowest BCUT2D eigenvalue weighted by Crippen LogP contribution is -2.46. The van der Waals surface area contributed by atoms with Gasteiger partial charge >= 0.3 is 0 Å². The van der Waals surface area contributed by atoms with Gasteiger partial charge in [0.05, 0.1) is 24.2 Å². The predicted octanol–water partition coefficient (Wildman–Crippen LogP) is 1.82. The monoisotopic (exact) mass is 382 g/mol. The van der Waals surface area contributed by atoms with E-state index in [1.807, 2.05) is 31.2 Å². The molecule has 0 atom stereocenters. The van der Waals surface area contributed by atoms with E-state index in [2.05, 4.69) is 37.2 Å². The van der Waals surface area contributed by atoms with Gasteiger partial charge in [-0.15, -0.1) is 10.2 Å². The van der Waals surface area contributed by atoms with Crippen LogP contribution in [0.3, 0.4) is 0 Å². The summed E-state index contributed by atoms with van der Waals surface area (Å²) < 4.78 is 0. The Balaban J connectivity index is 1.48. The molecule has 0 aliphatic carbocycles. The summed E-state index contributed by atoms with van der Waals surface area (Å²) in [6.45, 7) is 6.33. The summed E-state index contributed by atoms with van der Waals surface area (Å²) in [4.78, 5) is 16.9. The summed E-state index contributed by atoms with van der Waals surface area (Å²) in [6, 6.07) is 7.92. The van der Waals surface area contributed by atoms with E-state index in [0.717, 1.165) is 52.7 Å². The minimum absolute atomic E-state index is 0.184. The molecule has 0 unspecified atom stereocenters. The van der Waals surface area contributed by atoms with Crippen molar-refractivity contribution in [1.82, 2.24) is 30.2 Å². The molecule has 0 N–H and O–H groups in total. The number of nitrogens with zero attached hydrogens (tertiary/aromatic N) is 6. The van der Waals surface area contributed by atoms with Crippen LogP contribution in [0, 0.1) is 6.92 Å². The highest BCUT2D eigenvalue weighted by molar-refractivity contribution is 7.14. The van der Waals surface area contributed by atoms with Crippen LogP contribution in [0.5, 0.6) is 0 Å². The highest BCUT2D eigenvalue weighted by atomic mass is 32.1. The van der Waals surface area contributed by atoms with Crippen molar-refractivity contribution in [1.29, 1.82) is 0 Å². The van der Waals surface area contributed by atoms with Gasteiger partial charge in [0, 0.05) is 37.1 Å². The van der Waals surface area contributed by atoms with Gasteiger partial charge in [0.1, 0.15) is 10.0 Å². The van der Waals surface area contributed by atoms with E-state index in [-0.39, 0.29) is 5.78 Å². The highest BCUT2D eigenvalue weighted by Gasteiger charge is 2.17. The number of fused-ring (bicyclic) bond motifs is 1.